The molecule has 8 heteroatoms. The molecule has 1 N–H and O–H groups in total. The number of benzene rings is 2. The Morgan fingerprint density at radius 2 is 1.84 bits per heavy atom. The fraction of sp³-hybridized carbons (Fsp3) is 0.130. The Hall–Kier alpha value is -3.49. The summed E-state index contributed by atoms with van der Waals surface area (Å²) in [6, 6.07) is 16.7. The van der Waals surface area contributed by atoms with Gasteiger partial charge in [-0.05, 0) is 47.5 Å². The zero-order chi connectivity index (χ0) is 21.8. The quantitative estimate of drug-likeness (QED) is 0.481. The highest BCUT2D eigenvalue weighted by atomic mass is 32.2. The van der Waals surface area contributed by atoms with Gasteiger partial charge in [-0.2, -0.15) is 0 Å². The molecule has 0 aliphatic heterocycles. The number of amides is 1. The van der Waals surface area contributed by atoms with Gasteiger partial charge in [-0.25, -0.2) is 13.4 Å². The van der Waals surface area contributed by atoms with Gasteiger partial charge < -0.3 is 14.5 Å². The molecule has 0 saturated carbocycles. The van der Waals surface area contributed by atoms with Crippen LogP contribution in [0.3, 0.4) is 0 Å². The molecule has 2 aromatic carbocycles. The molecule has 0 aliphatic rings. The number of carbonyl (C=O) groups is 1. The lowest BCUT2D eigenvalue weighted by Gasteiger charge is -2.09. The molecule has 31 heavy (non-hydrogen) atoms. The minimum atomic E-state index is -3.64. The first-order chi connectivity index (χ1) is 15.0. The van der Waals surface area contributed by atoms with Gasteiger partial charge in [0.1, 0.15) is 5.65 Å². The Kier molecular flexibility index (Phi) is 5.83. The second-order valence-corrected chi connectivity index (χ2v) is 8.97. The number of hydrogen-bond acceptors (Lipinski definition) is 5. The topological polar surface area (TPSA) is 89.8 Å². The summed E-state index contributed by atoms with van der Waals surface area (Å²) in [5.74, 6) is -0.220. The summed E-state index contributed by atoms with van der Waals surface area (Å²) in [5.41, 5.74) is 2.86. The molecule has 7 nitrogen and oxygen atoms in total. The minimum absolute atomic E-state index is 0.197. The molecule has 158 valence electrons. The first-order valence-corrected chi connectivity index (χ1v) is 11.1. The van der Waals surface area contributed by atoms with Gasteiger partial charge in [-0.3, -0.25) is 4.79 Å². The molecular weight excluding hydrogens is 414 g/mol. The molecule has 0 atom stereocenters. The van der Waals surface area contributed by atoms with Crippen LogP contribution in [0.15, 0.2) is 89.0 Å². The number of hydrogen-bond donors (Lipinski definition) is 1. The van der Waals surface area contributed by atoms with E-state index in [1.807, 2.05) is 6.07 Å². The second-order valence-electron chi connectivity index (χ2n) is 7.02. The van der Waals surface area contributed by atoms with Gasteiger partial charge in [0.25, 0.3) is 5.91 Å². The van der Waals surface area contributed by atoms with Crippen molar-refractivity contribution in [3.63, 3.8) is 0 Å². The van der Waals surface area contributed by atoms with E-state index in [0.717, 1.165) is 16.8 Å². The summed E-state index contributed by atoms with van der Waals surface area (Å²) in [5, 5.41) is 2.85. The zero-order valence-corrected chi connectivity index (χ0v) is 17.7. The van der Waals surface area contributed by atoms with Crippen LogP contribution in [0.1, 0.15) is 21.5 Å². The first-order valence-electron chi connectivity index (χ1n) is 9.60. The molecule has 2 aromatic heterocycles. The molecule has 0 spiro atoms. The largest absolute Gasteiger partial charge is 0.380 e. The third-order valence-electron chi connectivity index (χ3n) is 4.86. The van der Waals surface area contributed by atoms with E-state index in [2.05, 4.69) is 10.3 Å². The van der Waals surface area contributed by atoms with Gasteiger partial charge in [0.05, 0.1) is 22.0 Å². The number of ether oxygens (including phenoxy) is 1. The van der Waals surface area contributed by atoms with Crippen molar-refractivity contribution in [1.29, 1.82) is 0 Å². The monoisotopic (exact) mass is 435 g/mol. The number of pyridine rings is 1. The van der Waals surface area contributed by atoms with Crippen molar-refractivity contribution in [3.8, 4) is 0 Å². The molecule has 0 aliphatic carbocycles. The molecule has 0 bridgehead atoms. The first kappa shape index (κ1) is 20.8. The number of nitrogens with one attached hydrogen (secondary N) is 1. The molecule has 4 aromatic rings. The minimum Gasteiger partial charge on any atom is -0.380 e. The van der Waals surface area contributed by atoms with Crippen LogP contribution in [-0.2, 0) is 27.7 Å². The zero-order valence-electron chi connectivity index (χ0n) is 16.9. The van der Waals surface area contributed by atoms with Crippen LogP contribution in [0.5, 0.6) is 0 Å². The van der Waals surface area contributed by atoms with Crippen LogP contribution >= 0.6 is 0 Å². The number of nitrogens with zero attached hydrogens (tertiary/aromatic N) is 2. The van der Waals surface area contributed by atoms with Gasteiger partial charge in [0.15, 0.2) is 0 Å². The van der Waals surface area contributed by atoms with Crippen LogP contribution in [0.4, 0.5) is 0 Å². The van der Waals surface area contributed by atoms with E-state index in [4.69, 9.17) is 4.74 Å². The van der Waals surface area contributed by atoms with Crippen molar-refractivity contribution < 1.29 is 17.9 Å². The molecule has 0 unspecified atom stereocenters. The molecule has 0 radical (unpaired) electrons. The normalized spacial score (nSPS) is 11.5. The summed E-state index contributed by atoms with van der Waals surface area (Å²) in [4.78, 5) is 17.0. The summed E-state index contributed by atoms with van der Waals surface area (Å²) < 4.78 is 32.7. The lowest BCUT2D eigenvalue weighted by Crippen LogP contribution is -2.23. The van der Waals surface area contributed by atoms with E-state index < -0.39 is 9.84 Å². The molecule has 4 rings (SSSR count). The smallest absolute Gasteiger partial charge is 0.253 e. The number of imidazole rings is 1. The van der Waals surface area contributed by atoms with Crippen LogP contribution in [-0.4, -0.2) is 30.8 Å². The Morgan fingerprint density at radius 3 is 2.61 bits per heavy atom. The van der Waals surface area contributed by atoms with Gasteiger partial charge in [-0.1, -0.05) is 24.3 Å². The number of fused-ring (bicyclic) bond motifs is 1. The van der Waals surface area contributed by atoms with Crippen LogP contribution in [0.2, 0.25) is 0 Å². The highest BCUT2D eigenvalue weighted by Crippen LogP contribution is 2.22. The van der Waals surface area contributed by atoms with E-state index in [1.54, 1.807) is 84.7 Å². The number of aromatic nitrogens is 2. The van der Waals surface area contributed by atoms with E-state index in [1.165, 1.54) is 0 Å². The molecule has 0 saturated heterocycles. The Morgan fingerprint density at radius 1 is 1.03 bits per heavy atom. The average molecular weight is 436 g/mol. The summed E-state index contributed by atoms with van der Waals surface area (Å²) in [6.45, 7) is 0.625. The third kappa shape index (κ3) is 4.50. The summed E-state index contributed by atoms with van der Waals surface area (Å²) >= 11 is 0. The van der Waals surface area contributed by atoms with Gasteiger partial charge in [-0.15, -0.1) is 0 Å². The predicted octanol–water partition coefficient (Wildman–Crippen LogP) is 3.24. The molecular formula is C23H21N3O4S. The highest BCUT2D eigenvalue weighted by molar-refractivity contribution is 7.91. The SMILES string of the molecule is COCc1cccc(S(=O)(=O)c2ccc(CNC(=O)c3ccc4nccn4c3)cc2)c1. The number of carbonyl (C=O) groups excluding carboxylic acids is 1. The maximum absolute atomic E-state index is 12.9. The Balaban J connectivity index is 1.45. The fourth-order valence-electron chi connectivity index (χ4n) is 3.23. The van der Waals surface area contributed by atoms with E-state index >= 15 is 0 Å². The molecule has 0 fully saturated rings. The summed E-state index contributed by atoms with van der Waals surface area (Å²) in [6.07, 6.45) is 5.15. The standard InChI is InChI=1S/C23H21N3O4S/c1-30-16-18-3-2-4-21(13-18)31(28,29)20-8-5-17(6-9-20)14-25-23(27)19-7-10-22-24-11-12-26(22)15-19/h2-13,15H,14,16H2,1H3,(H,25,27). The van der Waals surface area contributed by atoms with Crippen molar-refractivity contribution in [2.24, 2.45) is 0 Å². The van der Waals surface area contributed by atoms with E-state index in [0.29, 0.717) is 12.2 Å². The van der Waals surface area contributed by atoms with Crippen LogP contribution in [0.25, 0.3) is 5.65 Å². The lowest BCUT2D eigenvalue weighted by atomic mass is 10.2. The third-order valence-corrected chi connectivity index (χ3v) is 6.62. The lowest BCUT2D eigenvalue weighted by molar-refractivity contribution is 0.0950. The number of rotatable bonds is 7. The van der Waals surface area contributed by atoms with Gasteiger partial charge in [0, 0.05) is 32.2 Å². The van der Waals surface area contributed by atoms with Crippen LogP contribution in [0, 0.1) is 0 Å². The van der Waals surface area contributed by atoms with E-state index in [9.17, 15) is 13.2 Å². The van der Waals surface area contributed by atoms with Crippen molar-refractivity contribution in [2.75, 3.05) is 7.11 Å². The van der Waals surface area contributed by atoms with Crippen molar-refractivity contribution in [1.82, 2.24) is 14.7 Å². The van der Waals surface area contributed by atoms with E-state index in [-0.39, 0.29) is 22.2 Å². The van der Waals surface area contributed by atoms with Crippen LogP contribution < -0.4 is 5.32 Å². The van der Waals surface area contributed by atoms with Crippen molar-refractivity contribution in [3.05, 3.63) is 95.9 Å². The number of sulfone groups is 1. The molecule has 2 heterocycles. The Labute approximate surface area is 180 Å². The molecule has 1 amide bonds. The number of methoxy groups -OCH3 is 1. The second kappa shape index (κ2) is 8.71. The van der Waals surface area contributed by atoms with Crippen molar-refractivity contribution in [2.45, 2.75) is 22.9 Å². The fourth-order valence-corrected chi connectivity index (χ4v) is 4.56. The summed E-state index contributed by atoms with van der Waals surface area (Å²) in [7, 11) is -2.07. The maximum atomic E-state index is 12.9. The van der Waals surface area contributed by atoms with Gasteiger partial charge >= 0.3 is 0 Å². The van der Waals surface area contributed by atoms with Crippen molar-refractivity contribution >= 4 is 21.4 Å². The predicted molar refractivity (Wildman–Crippen MR) is 115 cm³/mol. The maximum Gasteiger partial charge on any atom is 0.253 e. The average Bonchev–Trinajstić information content (AvgIpc) is 3.26. The van der Waals surface area contributed by atoms with Gasteiger partial charge in [0.2, 0.25) is 9.84 Å². The highest BCUT2D eigenvalue weighted by Gasteiger charge is 2.18. The Bertz CT molecular complexity index is 1330.